The Morgan fingerprint density at radius 1 is 1.18 bits per heavy atom. The number of benzene rings is 1. The highest BCUT2D eigenvalue weighted by molar-refractivity contribution is 6.01. The summed E-state index contributed by atoms with van der Waals surface area (Å²) >= 11 is 0. The zero-order valence-electron chi connectivity index (χ0n) is 12.8. The van der Waals surface area contributed by atoms with Crippen molar-refractivity contribution < 1.29 is 5.21 Å². The van der Waals surface area contributed by atoms with Crippen LogP contribution in [0.2, 0.25) is 0 Å². The number of oxime groups is 1. The number of likely N-dealkylation sites (N-methyl/N-ethyl adjacent to an activating group) is 1. The lowest BCUT2D eigenvalue weighted by atomic mass is 10.1. The molecule has 1 aromatic heterocycles. The third kappa shape index (κ3) is 3.35. The number of aromatic nitrogens is 2. The topological polar surface area (TPSA) is 56.9 Å². The van der Waals surface area contributed by atoms with Gasteiger partial charge in [0, 0.05) is 56.4 Å². The lowest BCUT2D eigenvalue weighted by Crippen LogP contribution is -2.46. The van der Waals surface area contributed by atoms with Crippen LogP contribution >= 0.6 is 0 Å². The summed E-state index contributed by atoms with van der Waals surface area (Å²) in [6.07, 6.45) is 5.42. The number of nitrogens with zero attached hydrogens (tertiary/aromatic N) is 5. The quantitative estimate of drug-likeness (QED) is 0.525. The lowest BCUT2D eigenvalue weighted by molar-refractivity contribution is 0.169. The molecule has 2 aromatic rings. The number of rotatable bonds is 4. The van der Waals surface area contributed by atoms with Crippen molar-refractivity contribution in [3.63, 3.8) is 0 Å². The zero-order chi connectivity index (χ0) is 15.4. The molecule has 6 heteroatoms. The first-order chi connectivity index (χ1) is 10.8. The van der Waals surface area contributed by atoms with E-state index in [-0.39, 0.29) is 0 Å². The van der Waals surface area contributed by atoms with E-state index in [9.17, 15) is 5.21 Å². The van der Waals surface area contributed by atoms with Crippen molar-refractivity contribution >= 4 is 5.71 Å². The van der Waals surface area contributed by atoms with Crippen molar-refractivity contribution in [1.82, 2.24) is 19.4 Å². The Bertz CT molecular complexity index is 612. The number of piperazine rings is 1. The van der Waals surface area contributed by atoms with Crippen LogP contribution in [0, 0.1) is 0 Å². The van der Waals surface area contributed by atoms with Crippen molar-refractivity contribution in [3.8, 4) is 5.69 Å². The van der Waals surface area contributed by atoms with E-state index in [1.165, 1.54) is 0 Å². The maximum atomic E-state index is 9.35. The molecule has 0 amide bonds. The standard InChI is InChI=1S/C16H21N5O/c1-19-8-10-20(11-9-19)12-16(18-22)14-2-4-15(5-3-14)21-7-6-17-13-21/h2-7,13,22H,8-12H2,1H3. The molecular formula is C16H21N5O. The molecule has 0 unspecified atom stereocenters. The first-order valence-electron chi connectivity index (χ1n) is 7.47. The summed E-state index contributed by atoms with van der Waals surface area (Å²) in [7, 11) is 2.13. The molecule has 6 nitrogen and oxygen atoms in total. The molecule has 0 aliphatic carbocycles. The van der Waals surface area contributed by atoms with E-state index < -0.39 is 0 Å². The summed E-state index contributed by atoms with van der Waals surface area (Å²) in [5.41, 5.74) is 2.70. The molecule has 1 fully saturated rings. The fourth-order valence-corrected chi connectivity index (χ4v) is 2.64. The highest BCUT2D eigenvalue weighted by atomic mass is 16.4. The fourth-order valence-electron chi connectivity index (χ4n) is 2.64. The minimum Gasteiger partial charge on any atom is -0.411 e. The van der Waals surface area contributed by atoms with Crippen LogP contribution in [0.3, 0.4) is 0 Å². The molecule has 1 saturated heterocycles. The normalized spacial score (nSPS) is 17.8. The van der Waals surface area contributed by atoms with Gasteiger partial charge in [-0.15, -0.1) is 0 Å². The van der Waals surface area contributed by atoms with Gasteiger partial charge in [-0.2, -0.15) is 0 Å². The lowest BCUT2D eigenvalue weighted by Gasteiger charge is -2.32. The summed E-state index contributed by atoms with van der Waals surface area (Å²) in [6, 6.07) is 7.99. The van der Waals surface area contributed by atoms with Gasteiger partial charge in [0.1, 0.15) is 5.71 Å². The van der Waals surface area contributed by atoms with Crippen molar-refractivity contribution in [1.29, 1.82) is 0 Å². The molecule has 0 saturated carbocycles. The maximum Gasteiger partial charge on any atom is 0.101 e. The van der Waals surface area contributed by atoms with Crippen LogP contribution in [0.15, 0.2) is 48.1 Å². The van der Waals surface area contributed by atoms with Crippen LogP contribution in [0.4, 0.5) is 0 Å². The summed E-state index contributed by atoms with van der Waals surface area (Å²) < 4.78 is 1.94. The van der Waals surface area contributed by atoms with Gasteiger partial charge >= 0.3 is 0 Å². The molecule has 3 rings (SSSR count). The van der Waals surface area contributed by atoms with Crippen molar-refractivity contribution in [2.24, 2.45) is 5.16 Å². The molecule has 0 atom stereocenters. The van der Waals surface area contributed by atoms with Gasteiger partial charge in [0.05, 0.1) is 6.33 Å². The molecular weight excluding hydrogens is 278 g/mol. The van der Waals surface area contributed by atoms with Gasteiger partial charge in [0.25, 0.3) is 0 Å². The third-order valence-corrected chi connectivity index (χ3v) is 4.09. The van der Waals surface area contributed by atoms with E-state index in [2.05, 4.69) is 27.0 Å². The summed E-state index contributed by atoms with van der Waals surface area (Å²) in [5.74, 6) is 0. The molecule has 0 radical (unpaired) electrons. The minimum absolute atomic E-state index is 0.675. The second kappa shape index (κ2) is 6.72. The van der Waals surface area contributed by atoms with E-state index >= 15 is 0 Å². The van der Waals surface area contributed by atoms with Gasteiger partial charge in [0.2, 0.25) is 0 Å². The molecule has 1 aliphatic heterocycles. The van der Waals surface area contributed by atoms with Gasteiger partial charge in [-0.1, -0.05) is 17.3 Å². The zero-order valence-corrected chi connectivity index (χ0v) is 12.8. The van der Waals surface area contributed by atoms with Gasteiger partial charge in [-0.25, -0.2) is 4.98 Å². The third-order valence-electron chi connectivity index (χ3n) is 4.09. The number of imidazole rings is 1. The smallest absolute Gasteiger partial charge is 0.101 e. The van der Waals surface area contributed by atoms with E-state index in [1.807, 2.05) is 35.0 Å². The van der Waals surface area contributed by atoms with Crippen molar-refractivity contribution in [2.45, 2.75) is 0 Å². The average molecular weight is 299 g/mol. The predicted octanol–water partition coefficient (Wildman–Crippen LogP) is 1.30. The van der Waals surface area contributed by atoms with Gasteiger partial charge < -0.3 is 14.7 Å². The van der Waals surface area contributed by atoms with Crippen molar-refractivity contribution in [2.75, 3.05) is 39.8 Å². The summed E-state index contributed by atoms with van der Waals surface area (Å²) in [5, 5.41) is 12.9. The Labute approximate surface area is 130 Å². The molecule has 1 N–H and O–H groups in total. The van der Waals surface area contributed by atoms with E-state index in [0.29, 0.717) is 12.3 Å². The first-order valence-corrected chi connectivity index (χ1v) is 7.47. The Kier molecular flexibility index (Phi) is 4.50. The summed E-state index contributed by atoms with van der Waals surface area (Å²) in [6.45, 7) is 4.79. The first kappa shape index (κ1) is 14.7. The number of hydrogen-bond donors (Lipinski definition) is 1. The highest BCUT2D eigenvalue weighted by Gasteiger charge is 2.16. The molecule has 1 aliphatic rings. The fraction of sp³-hybridized carbons (Fsp3) is 0.375. The average Bonchev–Trinajstić information content (AvgIpc) is 3.09. The summed E-state index contributed by atoms with van der Waals surface area (Å²) in [4.78, 5) is 8.67. The monoisotopic (exact) mass is 299 g/mol. The highest BCUT2D eigenvalue weighted by Crippen LogP contribution is 2.11. The Morgan fingerprint density at radius 2 is 1.91 bits per heavy atom. The second-order valence-corrected chi connectivity index (χ2v) is 5.64. The van der Waals surface area contributed by atoms with Crippen LogP contribution in [-0.2, 0) is 0 Å². The van der Waals surface area contributed by atoms with Crippen LogP contribution in [0.25, 0.3) is 5.69 Å². The SMILES string of the molecule is CN1CCN(CC(=NO)c2ccc(-n3ccnc3)cc2)CC1. The van der Waals surface area contributed by atoms with Crippen LogP contribution in [0.5, 0.6) is 0 Å². The Hall–Kier alpha value is -2.18. The van der Waals surface area contributed by atoms with E-state index in [4.69, 9.17) is 0 Å². The predicted molar refractivity (Wildman–Crippen MR) is 85.8 cm³/mol. The molecule has 22 heavy (non-hydrogen) atoms. The number of hydrogen-bond acceptors (Lipinski definition) is 5. The van der Waals surface area contributed by atoms with Crippen LogP contribution in [-0.4, -0.2) is 70.0 Å². The van der Waals surface area contributed by atoms with E-state index in [1.54, 1.807) is 12.5 Å². The van der Waals surface area contributed by atoms with Crippen molar-refractivity contribution in [3.05, 3.63) is 48.5 Å². The van der Waals surface area contributed by atoms with Crippen LogP contribution in [0.1, 0.15) is 5.56 Å². The van der Waals surface area contributed by atoms with E-state index in [0.717, 1.165) is 37.4 Å². The van der Waals surface area contributed by atoms with Gasteiger partial charge in [-0.3, -0.25) is 4.90 Å². The second-order valence-electron chi connectivity index (χ2n) is 5.64. The van der Waals surface area contributed by atoms with Crippen LogP contribution < -0.4 is 0 Å². The molecule has 1 aromatic carbocycles. The Balaban J connectivity index is 1.69. The molecule has 2 heterocycles. The minimum atomic E-state index is 0.675. The molecule has 116 valence electrons. The molecule has 0 bridgehead atoms. The van der Waals surface area contributed by atoms with Gasteiger partial charge in [0.15, 0.2) is 0 Å². The maximum absolute atomic E-state index is 9.35. The van der Waals surface area contributed by atoms with Gasteiger partial charge in [-0.05, 0) is 19.2 Å². The molecule has 0 spiro atoms. The Morgan fingerprint density at radius 3 is 2.50 bits per heavy atom. The largest absolute Gasteiger partial charge is 0.411 e.